The van der Waals surface area contributed by atoms with Crippen LogP contribution < -0.4 is 10.6 Å². The molecule has 1 aliphatic heterocycles. The van der Waals surface area contributed by atoms with Crippen molar-refractivity contribution in [2.75, 3.05) is 32.0 Å². The van der Waals surface area contributed by atoms with Crippen molar-refractivity contribution in [2.45, 2.75) is 25.7 Å². The molecule has 3 N–H and O–H groups in total. The Kier molecular flexibility index (Phi) is 4.33. The second kappa shape index (κ2) is 5.69. The van der Waals surface area contributed by atoms with E-state index in [0.29, 0.717) is 43.1 Å². The highest BCUT2D eigenvalue weighted by Crippen LogP contribution is 2.27. The van der Waals surface area contributed by atoms with E-state index in [1.807, 2.05) is 6.92 Å². The maximum absolute atomic E-state index is 12.6. The van der Waals surface area contributed by atoms with E-state index in [1.54, 1.807) is 24.9 Å². The lowest BCUT2D eigenvalue weighted by Crippen LogP contribution is -2.48. The summed E-state index contributed by atoms with van der Waals surface area (Å²) in [5.41, 5.74) is 8.68. The molecule has 1 saturated heterocycles. The fourth-order valence-electron chi connectivity index (χ4n) is 2.47. The first-order chi connectivity index (χ1) is 9.33. The van der Waals surface area contributed by atoms with Gasteiger partial charge in [0.25, 0.3) is 10.0 Å². The van der Waals surface area contributed by atoms with Gasteiger partial charge in [-0.05, 0) is 37.5 Å². The van der Waals surface area contributed by atoms with E-state index in [-0.39, 0.29) is 4.90 Å². The van der Waals surface area contributed by atoms with E-state index in [9.17, 15) is 8.42 Å². The third-order valence-corrected chi connectivity index (χ3v) is 5.15. The van der Waals surface area contributed by atoms with Crippen LogP contribution in [-0.2, 0) is 14.8 Å². The Morgan fingerprint density at radius 1 is 1.20 bits per heavy atom. The molecule has 0 bridgehead atoms. The van der Waals surface area contributed by atoms with Gasteiger partial charge in [0.05, 0.1) is 18.1 Å². The SMILES string of the molecule is Cc1cc(C)c(S(=O)(=O)NN2CCOCC2)c(C)c1N. The van der Waals surface area contributed by atoms with E-state index < -0.39 is 10.0 Å². The molecule has 7 heteroatoms. The number of nitrogen functional groups attached to an aromatic ring is 1. The minimum Gasteiger partial charge on any atom is -0.398 e. The van der Waals surface area contributed by atoms with Crippen molar-refractivity contribution in [1.82, 2.24) is 9.84 Å². The molecule has 1 fully saturated rings. The topological polar surface area (TPSA) is 84.7 Å². The Balaban J connectivity index is 2.36. The maximum Gasteiger partial charge on any atom is 0.254 e. The summed E-state index contributed by atoms with van der Waals surface area (Å²) >= 11 is 0. The number of hydrogen-bond acceptors (Lipinski definition) is 5. The van der Waals surface area contributed by atoms with E-state index in [4.69, 9.17) is 10.5 Å². The predicted molar refractivity (Wildman–Crippen MR) is 77.8 cm³/mol. The fourth-order valence-corrected chi connectivity index (χ4v) is 4.08. The lowest BCUT2D eigenvalue weighted by Gasteiger charge is -2.27. The molecule has 0 amide bonds. The summed E-state index contributed by atoms with van der Waals surface area (Å²) in [5, 5.41) is 1.66. The molecule has 0 atom stereocenters. The Labute approximate surface area is 119 Å². The quantitative estimate of drug-likeness (QED) is 0.803. The van der Waals surface area contributed by atoms with Gasteiger partial charge < -0.3 is 10.5 Å². The zero-order valence-electron chi connectivity index (χ0n) is 12.1. The molecule has 112 valence electrons. The molecule has 2 rings (SSSR count). The predicted octanol–water partition coefficient (Wildman–Crippen LogP) is 0.720. The molecule has 6 nitrogen and oxygen atoms in total. The summed E-state index contributed by atoms with van der Waals surface area (Å²) in [5.74, 6) is 0. The average molecular weight is 299 g/mol. The van der Waals surface area contributed by atoms with Crippen LogP contribution in [0.3, 0.4) is 0 Å². The third kappa shape index (κ3) is 2.95. The van der Waals surface area contributed by atoms with Gasteiger partial charge in [-0.2, -0.15) is 0 Å². The summed E-state index contributed by atoms with van der Waals surface area (Å²) < 4.78 is 30.3. The van der Waals surface area contributed by atoms with Crippen LogP contribution in [0.25, 0.3) is 0 Å². The normalized spacial score (nSPS) is 17.4. The molecule has 0 spiro atoms. The molecule has 0 aliphatic carbocycles. The number of aryl methyl sites for hydroxylation is 2. The average Bonchev–Trinajstić information content (AvgIpc) is 2.36. The molecule has 0 radical (unpaired) electrons. The smallest absolute Gasteiger partial charge is 0.254 e. The number of morpholine rings is 1. The summed E-state index contributed by atoms with van der Waals surface area (Å²) in [4.78, 5) is 2.88. The van der Waals surface area contributed by atoms with Crippen LogP contribution in [0.15, 0.2) is 11.0 Å². The zero-order chi connectivity index (χ0) is 14.9. The number of hydrazine groups is 1. The Morgan fingerprint density at radius 2 is 1.80 bits per heavy atom. The van der Waals surface area contributed by atoms with Crippen molar-refractivity contribution >= 4 is 15.7 Å². The third-order valence-electron chi connectivity index (χ3n) is 3.49. The van der Waals surface area contributed by atoms with Crippen LogP contribution >= 0.6 is 0 Å². The maximum atomic E-state index is 12.6. The van der Waals surface area contributed by atoms with Crippen molar-refractivity contribution in [3.63, 3.8) is 0 Å². The summed E-state index contributed by atoms with van der Waals surface area (Å²) in [6.45, 7) is 7.53. The molecular weight excluding hydrogens is 278 g/mol. The van der Waals surface area contributed by atoms with Crippen molar-refractivity contribution in [1.29, 1.82) is 0 Å². The van der Waals surface area contributed by atoms with E-state index in [0.717, 1.165) is 5.56 Å². The van der Waals surface area contributed by atoms with Crippen LogP contribution in [0.2, 0.25) is 0 Å². The van der Waals surface area contributed by atoms with Gasteiger partial charge >= 0.3 is 0 Å². The Bertz CT molecular complexity index is 608. The van der Waals surface area contributed by atoms with Crippen molar-refractivity contribution in [3.8, 4) is 0 Å². The first kappa shape index (κ1) is 15.2. The second-order valence-corrected chi connectivity index (χ2v) is 6.67. The van der Waals surface area contributed by atoms with Gasteiger partial charge in [-0.25, -0.2) is 13.4 Å². The molecule has 1 aromatic carbocycles. The standard InChI is InChI=1S/C13H21N3O3S/c1-9-8-10(2)13(11(3)12(9)14)20(17,18)15-16-4-6-19-7-5-16/h8,15H,4-7,14H2,1-3H3. The van der Waals surface area contributed by atoms with E-state index in [1.165, 1.54) is 0 Å². The van der Waals surface area contributed by atoms with Crippen molar-refractivity contribution in [2.24, 2.45) is 0 Å². The van der Waals surface area contributed by atoms with Gasteiger partial charge in [-0.15, -0.1) is 4.83 Å². The van der Waals surface area contributed by atoms with Crippen LogP contribution in [0, 0.1) is 20.8 Å². The number of benzene rings is 1. The molecule has 1 aliphatic rings. The van der Waals surface area contributed by atoms with Crippen LogP contribution in [0.4, 0.5) is 5.69 Å². The fraction of sp³-hybridized carbons (Fsp3) is 0.538. The van der Waals surface area contributed by atoms with Gasteiger partial charge in [0.1, 0.15) is 0 Å². The highest BCUT2D eigenvalue weighted by Gasteiger charge is 2.25. The number of anilines is 1. The van der Waals surface area contributed by atoms with Crippen LogP contribution in [-0.4, -0.2) is 39.7 Å². The van der Waals surface area contributed by atoms with Gasteiger partial charge in [0.2, 0.25) is 0 Å². The lowest BCUT2D eigenvalue weighted by molar-refractivity contribution is 0.0272. The summed E-state index contributed by atoms with van der Waals surface area (Å²) in [6, 6.07) is 1.80. The number of sulfonamides is 1. The highest BCUT2D eigenvalue weighted by atomic mass is 32.2. The van der Waals surface area contributed by atoms with E-state index >= 15 is 0 Å². The first-order valence-electron chi connectivity index (χ1n) is 6.54. The van der Waals surface area contributed by atoms with Gasteiger partial charge in [-0.1, -0.05) is 6.07 Å². The molecule has 20 heavy (non-hydrogen) atoms. The van der Waals surface area contributed by atoms with Gasteiger partial charge in [0.15, 0.2) is 0 Å². The number of nitrogens with one attached hydrogen (secondary N) is 1. The lowest BCUT2D eigenvalue weighted by atomic mass is 10.1. The molecule has 0 unspecified atom stereocenters. The summed E-state index contributed by atoms with van der Waals surface area (Å²) in [6.07, 6.45) is 0. The second-order valence-electron chi connectivity index (χ2n) is 5.07. The number of nitrogens with two attached hydrogens (primary N) is 1. The summed E-state index contributed by atoms with van der Waals surface area (Å²) in [7, 11) is -3.62. The number of ether oxygens (including phenoxy) is 1. The largest absolute Gasteiger partial charge is 0.398 e. The van der Waals surface area contributed by atoms with Gasteiger partial charge in [0, 0.05) is 18.8 Å². The minimum atomic E-state index is -3.62. The first-order valence-corrected chi connectivity index (χ1v) is 8.02. The molecule has 0 saturated carbocycles. The number of rotatable bonds is 3. The molecule has 1 aromatic rings. The number of nitrogens with zero attached hydrogens (tertiary/aromatic N) is 1. The minimum absolute atomic E-state index is 0.270. The molecule has 1 heterocycles. The Morgan fingerprint density at radius 3 is 2.40 bits per heavy atom. The van der Waals surface area contributed by atoms with Crippen molar-refractivity contribution < 1.29 is 13.2 Å². The van der Waals surface area contributed by atoms with Crippen LogP contribution in [0.1, 0.15) is 16.7 Å². The zero-order valence-corrected chi connectivity index (χ0v) is 12.9. The van der Waals surface area contributed by atoms with E-state index in [2.05, 4.69) is 4.83 Å². The Hall–Kier alpha value is -1.15. The monoisotopic (exact) mass is 299 g/mol. The van der Waals surface area contributed by atoms with Gasteiger partial charge in [-0.3, -0.25) is 0 Å². The molecule has 0 aromatic heterocycles. The highest BCUT2D eigenvalue weighted by molar-refractivity contribution is 7.89. The number of hydrogen-bond donors (Lipinski definition) is 2. The molecular formula is C13H21N3O3S. The van der Waals surface area contributed by atoms with Crippen molar-refractivity contribution in [3.05, 3.63) is 22.8 Å². The van der Waals surface area contributed by atoms with Crippen LogP contribution in [0.5, 0.6) is 0 Å².